The Balaban J connectivity index is 1.81. The summed E-state index contributed by atoms with van der Waals surface area (Å²) in [7, 11) is 0. The van der Waals surface area contributed by atoms with Crippen molar-refractivity contribution in [2.45, 2.75) is 58.7 Å². The summed E-state index contributed by atoms with van der Waals surface area (Å²) in [5, 5.41) is 4.05. The zero-order chi connectivity index (χ0) is 22.5. The Morgan fingerprint density at radius 1 is 1.16 bits per heavy atom. The first-order chi connectivity index (χ1) is 14.8. The van der Waals surface area contributed by atoms with Crippen molar-refractivity contribution < 1.29 is 9.59 Å². The van der Waals surface area contributed by atoms with E-state index in [2.05, 4.69) is 12.2 Å². The Hall–Kier alpha value is -2.45. The van der Waals surface area contributed by atoms with E-state index in [9.17, 15) is 14.4 Å². The van der Waals surface area contributed by atoms with Gasteiger partial charge < -0.3 is 5.32 Å². The molecule has 0 bridgehead atoms. The second kappa shape index (κ2) is 10.2. The van der Waals surface area contributed by atoms with Crippen LogP contribution in [0, 0.1) is 13.8 Å². The molecule has 8 heteroatoms. The van der Waals surface area contributed by atoms with Crippen LogP contribution in [0.3, 0.4) is 0 Å². The largest absolute Gasteiger partial charge is 0.326 e. The maximum Gasteiger partial charge on any atom is 0.263 e. The summed E-state index contributed by atoms with van der Waals surface area (Å²) in [6, 6.07) is 6.87. The van der Waals surface area contributed by atoms with Gasteiger partial charge in [-0.1, -0.05) is 32.0 Å². The highest BCUT2D eigenvalue weighted by Crippen LogP contribution is 2.29. The molecule has 31 heavy (non-hydrogen) atoms. The van der Waals surface area contributed by atoms with Gasteiger partial charge in [0.2, 0.25) is 5.91 Å². The maximum absolute atomic E-state index is 13.2. The molecule has 3 aromatic rings. The number of ketones is 1. The average Bonchev–Trinajstić information content (AvgIpc) is 3.05. The summed E-state index contributed by atoms with van der Waals surface area (Å²) < 4.78 is 1.71. The maximum atomic E-state index is 13.2. The predicted octanol–water partition coefficient (Wildman–Crippen LogP) is 5.20. The molecule has 1 aromatic carbocycles. The van der Waals surface area contributed by atoms with Crippen LogP contribution >= 0.6 is 23.1 Å². The van der Waals surface area contributed by atoms with Crippen LogP contribution in [0.1, 0.15) is 53.9 Å². The minimum absolute atomic E-state index is 0.0220. The summed E-state index contributed by atoms with van der Waals surface area (Å²) in [4.78, 5) is 43.9. The molecule has 0 saturated heterocycles. The van der Waals surface area contributed by atoms with Crippen LogP contribution in [0.5, 0.6) is 0 Å². The zero-order valence-corrected chi connectivity index (χ0v) is 19.9. The summed E-state index contributed by atoms with van der Waals surface area (Å²) in [6.07, 6.45) is 2.25. The van der Waals surface area contributed by atoms with Crippen molar-refractivity contribution in [2.75, 3.05) is 11.1 Å². The number of anilines is 1. The van der Waals surface area contributed by atoms with Crippen molar-refractivity contribution in [2.24, 2.45) is 0 Å². The summed E-state index contributed by atoms with van der Waals surface area (Å²) in [5.41, 5.74) is 2.20. The van der Waals surface area contributed by atoms with Gasteiger partial charge in [0, 0.05) is 29.1 Å². The Morgan fingerprint density at radius 2 is 1.87 bits per heavy atom. The monoisotopic (exact) mass is 457 g/mol. The Kier molecular flexibility index (Phi) is 7.67. The third-order valence-electron chi connectivity index (χ3n) is 5.13. The highest BCUT2D eigenvalue weighted by Gasteiger charge is 2.18. The summed E-state index contributed by atoms with van der Waals surface area (Å²) in [5.74, 6) is 0.0714. The number of nitrogens with zero attached hydrogens (tertiary/aromatic N) is 2. The van der Waals surface area contributed by atoms with Crippen molar-refractivity contribution in [1.29, 1.82) is 0 Å². The van der Waals surface area contributed by atoms with E-state index in [0.717, 1.165) is 28.1 Å². The van der Waals surface area contributed by atoms with E-state index < -0.39 is 0 Å². The molecule has 0 aliphatic rings. The number of rotatable bonds is 9. The first kappa shape index (κ1) is 23.2. The zero-order valence-electron chi connectivity index (χ0n) is 18.3. The lowest BCUT2D eigenvalue weighted by molar-refractivity contribution is -0.115. The molecular formula is C23H27N3O3S2. The third-order valence-corrected chi connectivity index (χ3v) is 7.21. The highest BCUT2D eigenvalue weighted by atomic mass is 32.2. The van der Waals surface area contributed by atoms with Gasteiger partial charge in [0.15, 0.2) is 10.9 Å². The fourth-order valence-electron chi connectivity index (χ4n) is 3.13. The summed E-state index contributed by atoms with van der Waals surface area (Å²) in [6.45, 7) is 8.43. The fraction of sp³-hybridized carbons (Fsp3) is 0.391. The smallest absolute Gasteiger partial charge is 0.263 e. The number of amides is 1. The SMILES string of the molecule is CCCCn1c(SCC(=O)c2ccc(NC(=O)CC)cc2)nc2sc(C)c(C)c2c1=O. The fourth-order valence-corrected chi connectivity index (χ4v) is 5.12. The van der Waals surface area contributed by atoms with Crippen LogP contribution in [0.15, 0.2) is 34.2 Å². The number of hydrogen-bond acceptors (Lipinski definition) is 6. The van der Waals surface area contributed by atoms with Gasteiger partial charge in [-0.2, -0.15) is 0 Å². The number of aromatic nitrogens is 2. The van der Waals surface area contributed by atoms with Crippen LogP contribution < -0.4 is 10.9 Å². The molecule has 0 spiro atoms. The Bertz CT molecular complexity index is 1160. The number of benzene rings is 1. The highest BCUT2D eigenvalue weighted by molar-refractivity contribution is 7.99. The van der Waals surface area contributed by atoms with Gasteiger partial charge in [-0.25, -0.2) is 4.98 Å². The number of carbonyl (C=O) groups is 2. The number of hydrogen-bond donors (Lipinski definition) is 1. The molecule has 0 radical (unpaired) electrons. The lowest BCUT2D eigenvalue weighted by Gasteiger charge is -2.11. The molecule has 6 nitrogen and oxygen atoms in total. The minimum Gasteiger partial charge on any atom is -0.326 e. The Morgan fingerprint density at radius 3 is 2.52 bits per heavy atom. The van der Waals surface area contributed by atoms with Gasteiger partial charge in [0.1, 0.15) is 4.83 Å². The van der Waals surface area contributed by atoms with Crippen LogP contribution in [0.4, 0.5) is 5.69 Å². The molecule has 3 rings (SSSR count). The second-order valence-corrected chi connectivity index (χ2v) is 9.50. The van der Waals surface area contributed by atoms with Gasteiger partial charge in [-0.05, 0) is 50.1 Å². The van der Waals surface area contributed by atoms with E-state index in [1.165, 1.54) is 23.1 Å². The second-order valence-electron chi connectivity index (χ2n) is 7.36. The lowest BCUT2D eigenvalue weighted by Crippen LogP contribution is -2.23. The number of thioether (sulfide) groups is 1. The number of thiophene rings is 1. The molecule has 2 aromatic heterocycles. The van der Waals surface area contributed by atoms with Gasteiger partial charge in [0.25, 0.3) is 5.56 Å². The first-order valence-electron chi connectivity index (χ1n) is 10.4. The molecule has 1 N–H and O–H groups in total. The van der Waals surface area contributed by atoms with Crippen molar-refractivity contribution in [3.63, 3.8) is 0 Å². The molecule has 0 aliphatic heterocycles. The molecule has 0 saturated carbocycles. The number of nitrogens with one attached hydrogen (secondary N) is 1. The van der Waals surface area contributed by atoms with E-state index in [0.29, 0.717) is 34.8 Å². The number of fused-ring (bicyclic) bond motifs is 1. The van der Waals surface area contributed by atoms with Gasteiger partial charge in [0.05, 0.1) is 11.1 Å². The summed E-state index contributed by atoms with van der Waals surface area (Å²) >= 11 is 2.82. The van der Waals surface area contributed by atoms with Crippen LogP contribution in [0.25, 0.3) is 10.2 Å². The number of Topliss-reactive ketones (excluding diaryl/α,β-unsaturated/α-hetero) is 1. The topological polar surface area (TPSA) is 81.1 Å². The van der Waals surface area contributed by atoms with E-state index in [-0.39, 0.29) is 23.0 Å². The van der Waals surface area contributed by atoms with E-state index >= 15 is 0 Å². The van der Waals surface area contributed by atoms with Crippen LogP contribution in [-0.4, -0.2) is 27.0 Å². The lowest BCUT2D eigenvalue weighted by atomic mass is 10.1. The predicted molar refractivity (Wildman–Crippen MR) is 129 cm³/mol. The van der Waals surface area contributed by atoms with Gasteiger partial charge in [-0.3, -0.25) is 19.0 Å². The molecule has 2 heterocycles. The molecule has 0 unspecified atom stereocenters. The molecule has 0 atom stereocenters. The molecule has 164 valence electrons. The number of aryl methyl sites for hydroxylation is 2. The molecule has 0 fully saturated rings. The van der Waals surface area contributed by atoms with Crippen molar-refractivity contribution in [3.05, 3.63) is 50.6 Å². The molecular weight excluding hydrogens is 430 g/mol. The minimum atomic E-state index is -0.0693. The van der Waals surface area contributed by atoms with Crippen molar-refractivity contribution in [3.8, 4) is 0 Å². The average molecular weight is 458 g/mol. The van der Waals surface area contributed by atoms with E-state index in [1.807, 2.05) is 13.8 Å². The van der Waals surface area contributed by atoms with Gasteiger partial charge in [-0.15, -0.1) is 11.3 Å². The number of carbonyl (C=O) groups excluding carboxylic acids is 2. The van der Waals surface area contributed by atoms with Crippen LogP contribution in [0.2, 0.25) is 0 Å². The third kappa shape index (κ3) is 5.25. The van der Waals surface area contributed by atoms with E-state index in [4.69, 9.17) is 4.98 Å². The number of unbranched alkanes of at least 4 members (excludes halogenated alkanes) is 1. The van der Waals surface area contributed by atoms with E-state index in [1.54, 1.807) is 35.8 Å². The first-order valence-corrected chi connectivity index (χ1v) is 12.2. The van der Waals surface area contributed by atoms with Gasteiger partial charge >= 0.3 is 0 Å². The van der Waals surface area contributed by atoms with Crippen LogP contribution in [-0.2, 0) is 11.3 Å². The normalized spacial score (nSPS) is 11.1. The standard InChI is InChI=1S/C23H27N3O3S2/c1-5-7-12-26-22(29)20-14(3)15(4)31-21(20)25-23(26)30-13-18(27)16-8-10-17(11-9-16)24-19(28)6-2/h8-11H,5-7,12-13H2,1-4H3,(H,24,28). The molecule has 1 amide bonds. The quantitative estimate of drug-likeness (QED) is 0.271. The molecule has 0 aliphatic carbocycles. The van der Waals surface area contributed by atoms with Crippen molar-refractivity contribution >= 4 is 50.7 Å². The van der Waals surface area contributed by atoms with Crippen molar-refractivity contribution in [1.82, 2.24) is 9.55 Å². The Labute approximate surface area is 190 Å².